The number of aromatic nitrogens is 1. The summed E-state index contributed by atoms with van der Waals surface area (Å²) < 4.78 is 4.75. The molecule has 1 aromatic carbocycles. The van der Waals surface area contributed by atoms with E-state index in [0.29, 0.717) is 5.69 Å². The topological polar surface area (TPSA) is 57.7 Å². The molecule has 0 amide bonds. The van der Waals surface area contributed by atoms with E-state index < -0.39 is 0 Å². The molecule has 2 aromatic rings. The fourth-order valence-electron chi connectivity index (χ4n) is 2.72. The second kappa shape index (κ2) is 6.93. The molecule has 1 aliphatic rings. The van der Waals surface area contributed by atoms with Crippen LogP contribution in [0.1, 0.15) is 5.69 Å². The molecular weight excluding hydrogens is 292 g/mol. The van der Waals surface area contributed by atoms with Gasteiger partial charge in [-0.05, 0) is 19.2 Å². The van der Waals surface area contributed by atoms with Crippen molar-refractivity contribution >= 4 is 22.6 Å². The van der Waals surface area contributed by atoms with Crippen molar-refractivity contribution in [1.82, 2.24) is 14.9 Å². The number of fused-ring (bicyclic) bond motifs is 1. The Morgan fingerprint density at radius 1 is 1.26 bits per heavy atom. The molecule has 1 aliphatic heterocycles. The lowest BCUT2D eigenvalue weighted by Gasteiger charge is -2.33. The van der Waals surface area contributed by atoms with Gasteiger partial charge in [-0.15, -0.1) is 0 Å². The highest BCUT2D eigenvalue weighted by Crippen LogP contribution is 2.24. The second-order valence-corrected chi connectivity index (χ2v) is 5.83. The minimum Gasteiger partial charge on any atom is -0.469 e. The standard InChI is InChI=1S/C17H22N4O2/c1-20-7-9-21(10-8-20)19-16-11-13(12-17(22)23-2)18-15-6-4-3-5-14(15)16/h3-6,11H,7-10,12H2,1-2H3,(H,18,19). The Morgan fingerprint density at radius 3 is 2.74 bits per heavy atom. The zero-order chi connectivity index (χ0) is 16.2. The van der Waals surface area contributed by atoms with Crippen LogP contribution in [-0.4, -0.2) is 61.2 Å². The van der Waals surface area contributed by atoms with Crippen molar-refractivity contribution < 1.29 is 9.53 Å². The monoisotopic (exact) mass is 314 g/mol. The highest BCUT2D eigenvalue weighted by molar-refractivity contribution is 5.91. The van der Waals surface area contributed by atoms with Crippen molar-refractivity contribution in [2.45, 2.75) is 6.42 Å². The number of carbonyl (C=O) groups excluding carboxylic acids is 1. The van der Waals surface area contributed by atoms with Gasteiger partial charge in [-0.25, -0.2) is 5.01 Å². The Labute approximate surface area is 136 Å². The van der Waals surface area contributed by atoms with Crippen LogP contribution in [0.4, 0.5) is 5.69 Å². The van der Waals surface area contributed by atoms with Crippen molar-refractivity contribution in [3.8, 4) is 0 Å². The molecule has 3 rings (SSSR count). The van der Waals surface area contributed by atoms with Gasteiger partial charge in [0.15, 0.2) is 0 Å². The van der Waals surface area contributed by atoms with Gasteiger partial charge in [0.1, 0.15) is 0 Å². The van der Waals surface area contributed by atoms with E-state index in [-0.39, 0.29) is 12.4 Å². The van der Waals surface area contributed by atoms with E-state index >= 15 is 0 Å². The molecule has 0 saturated carbocycles. The van der Waals surface area contributed by atoms with E-state index in [1.807, 2.05) is 30.3 Å². The number of esters is 1. The molecule has 6 heteroatoms. The van der Waals surface area contributed by atoms with E-state index in [2.05, 4.69) is 27.4 Å². The molecule has 0 unspecified atom stereocenters. The number of para-hydroxylation sites is 1. The number of nitrogens with one attached hydrogen (secondary N) is 1. The summed E-state index contributed by atoms with van der Waals surface area (Å²) in [6.07, 6.45) is 0.179. The van der Waals surface area contributed by atoms with Gasteiger partial charge in [-0.1, -0.05) is 18.2 Å². The Morgan fingerprint density at radius 2 is 2.00 bits per heavy atom. The number of hydrogen-bond donors (Lipinski definition) is 1. The van der Waals surface area contributed by atoms with Gasteiger partial charge >= 0.3 is 5.97 Å². The third kappa shape index (κ3) is 3.78. The molecule has 0 spiro atoms. The van der Waals surface area contributed by atoms with Crippen LogP contribution in [0.2, 0.25) is 0 Å². The molecule has 0 atom stereocenters. The molecule has 6 nitrogen and oxygen atoms in total. The molecule has 23 heavy (non-hydrogen) atoms. The highest BCUT2D eigenvalue weighted by Gasteiger charge is 2.16. The molecule has 0 bridgehead atoms. The van der Waals surface area contributed by atoms with Crippen molar-refractivity contribution in [2.24, 2.45) is 0 Å². The van der Waals surface area contributed by atoms with Gasteiger partial charge in [0.25, 0.3) is 0 Å². The number of pyridine rings is 1. The van der Waals surface area contributed by atoms with E-state index in [0.717, 1.165) is 42.8 Å². The zero-order valence-corrected chi connectivity index (χ0v) is 13.6. The summed E-state index contributed by atoms with van der Waals surface area (Å²) in [6, 6.07) is 9.90. The van der Waals surface area contributed by atoms with Crippen molar-refractivity contribution in [1.29, 1.82) is 0 Å². The molecule has 1 fully saturated rings. The van der Waals surface area contributed by atoms with E-state index in [1.54, 1.807) is 0 Å². The zero-order valence-electron chi connectivity index (χ0n) is 13.6. The van der Waals surface area contributed by atoms with E-state index in [4.69, 9.17) is 4.74 Å². The van der Waals surface area contributed by atoms with Gasteiger partial charge in [0.2, 0.25) is 0 Å². The van der Waals surface area contributed by atoms with Crippen LogP contribution < -0.4 is 5.43 Å². The average Bonchev–Trinajstić information content (AvgIpc) is 2.57. The highest BCUT2D eigenvalue weighted by atomic mass is 16.5. The van der Waals surface area contributed by atoms with Crippen molar-refractivity contribution in [2.75, 3.05) is 45.8 Å². The molecular formula is C17H22N4O2. The third-order valence-corrected chi connectivity index (χ3v) is 4.10. The van der Waals surface area contributed by atoms with Gasteiger partial charge < -0.3 is 15.1 Å². The minimum atomic E-state index is -0.279. The first-order valence-corrected chi connectivity index (χ1v) is 7.81. The first kappa shape index (κ1) is 15.7. The lowest BCUT2D eigenvalue weighted by Crippen LogP contribution is -2.47. The Balaban J connectivity index is 1.88. The Hall–Kier alpha value is -2.18. The number of nitrogens with zero attached hydrogens (tertiary/aromatic N) is 3. The number of carbonyl (C=O) groups is 1. The summed E-state index contributed by atoms with van der Waals surface area (Å²) in [7, 11) is 3.53. The van der Waals surface area contributed by atoms with Crippen LogP contribution >= 0.6 is 0 Å². The number of benzene rings is 1. The van der Waals surface area contributed by atoms with E-state index in [1.165, 1.54) is 7.11 Å². The molecule has 1 aromatic heterocycles. The Bertz CT molecular complexity index is 696. The maximum Gasteiger partial charge on any atom is 0.311 e. The van der Waals surface area contributed by atoms with Crippen molar-refractivity contribution in [3.63, 3.8) is 0 Å². The van der Waals surface area contributed by atoms with E-state index in [9.17, 15) is 4.79 Å². The molecule has 1 saturated heterocycles. The minimum absolute atomic E-state index is 0.179. The first-order chi connectivity index (χ1) is 11.2. The summed E-state index contributed by atoms with van der Waals surface area (Å²) in [5, 5.41) is 3.27. The number of ether oxygens (including phenoxy) is 1. The number of anilines is 1. The summed E-state index contributed by atoms with van der Waals surface area (Å²) in [4.78, 5) is 18.4. The SMILES string of the molecule is COC(=O)Cc1cc(NN2CCN(C)CC2)c2ccccc2n1. The molecule has 1 N–H and O–H groups in total. The average molecular weight is 314 g/mol. The van der Waals surface area contributed by atoms with Gasteiger partial charge in [-0.3, -0.25) is 9.78 Å². The predicted octanol–water partition coefficient (Wildman–Crippen LogP) is 1.52. The quantitative estimate of drug-likeness (QED) is 0.864. The number of methoxy groups -OCH3 is 1. The van der Waals surface area contributed by atoms with Crippen LogP contribution in [0, 0.1) is 0 Å². The molecule has 2 heterocycles. The van der Waals surface area contributed by atoms with Crippen molar-refractivity contribution in [3.05, 3.63) is 36.0 Å². The molecule has 122 valence electrons. The van der Waals surface area contributed by atoms with Crippen LogP contribution in [0.15, 0.2) is 30.3 Å². The lowest BCUT2D eigenvalue weighted by molar-refractivity contribution is -0.139. The van der Waals surface area contributed by atoms with Crippen LogP contribution in [0.25, 0.3) is 10.9 Å². The van der Waals surface area contributed by atoms with Crippen LogP contribution in [0.5, 0.6) is 0 Å². The maximum absolute atomic E-state index is 11.6. The maximum atomic E-state index is 11.6. The predicted molar refractivity (Wildman–Crippen MR) is 90.2 cm³/mol. The lowest BCUT2D eigenvalue weighted by atomic mass is 10.1. The number of hydrazine groups is 1. The second-order valence-electron chi connectivity index (χ2n) is 5.83. The van der Waals surface area contributed by atoms with Gasteiger partial charge in [0, 0.05) is 31.6 Å². The first-order valence-electron chi connectivity index (χ1n) is 7.81. The third-order valence-electron chi connectivity index (χ3n) is 4.10. The fourth-order valence-corrected chi connectivity index (χ4v) is 2.72. The number of hydrogen-bond acceptors (Lipinski definition) is 6. The van der Waals surface area contributed by atoms with Crippen LogP contribution in [-0.2, 0) is 16.0 Å². The summed E-state index contributed by atoms with van der Waals surface area (Å²) in [6.45, 7) is 3.98. The number of likely N-dealkylation sites (N-methyl/N-ethyl adjacent to an activating group) is 1. The molecule has 0 radical (unpaired) electrons. The smallest absolute Gasteiger partial charge is 0.311 e. The van der Waals surface area contributed by atoms with Crippen LogP contribution in [0.3, 0.4) is 0 Å². The van der Waals surface area contributed by atoms with Gasteiger partial charge in [0.05, 0.1) is 30.4 Å². The number of rotatable bonds is 4. The largest absolute Gasteiger partial charge is 0.469 e. The summed E-state index contributed by atoms with van der Waals surface area (Å²) in [5.41, 5.74) is 6.07. The van der Waals surface area contributed by atoms with Gasteiger partial charge in [-0.2, -0.15) is 0 Å². The molecule has 0 aliphatic carbocycles. The summed E-state index contributed by atoms with van der Waals surface area (Å²) >= 11 is 0. The normalized spacial score (nSPS) is 16.4. The fraction of sp³-hybridized carbons (Fsp3) is 0.412. The number of piperazine rings is 1. The Kier molecular flexibility index (Phi) is 4.73. The summed E-state index contributed by atoms with van der Waals surface area (Å²) in [5.74, 6) is -0.279.